The monoisotopic (exact) mass is 312 g/mol. The second kappa shape index (κ2) is 5.49. The Kier molecular flexibility index (Phi) is 4.43. The Balaban J connectivity index is 2.02. The highest BCUT2D eigenvalue weighted by molar-refractivity contribution is 5.78. The summed E-state index contributed by atoms with van der Waals surface area (Å²) >= 11 is 0. The molecule has 128 valence electrons. The molecule has 3 fully saturated rings. The van der Waals surface area contributed by atoms with Crippen LogP contribution in [0.3, 0.4) is 0 Å². The van der Waals surface area contributed by atoms with Gasteiger partial charge in [-0.1, -0.05) is 34.6 Å². The van der Waals surface area contributed by atoms with E-state index in [1.165, 1.54) is 19.8 Å². The molecule has 2 nitrogen and oxygen atoms in total. The van der Waals surface area contributed by atoms with Gasteiger partial charge in [0.15, 0.2) is 0 Å². The fourth-order valence-electron chi connectivity index (χ4n) is 5.36. The largest absolute Gasteiger partial charge is 0.463 e. The van der Waals surface area contributed by atoms with Crippen LogP contribution in [-0.2, 0) is 9.53 Å². The molecular formula is C19H33FO2. The fraction of sp³-hybridized carbons (Fsp3) is 0.947. The van der Waals surface area contributed by atoms with Crippen molar-refractivity contribution in [3.8, 4) is 0 Å². The van der Waals surface area contributed by atoms with E-state index in [1.807, 2.05) is 0 Å². The molecule has 0 aromatic carbocycles. The normalized spacial score (nSPS) is 35.5. The molecule has 0 radical (unpaired) electrons. The van der Waals surface area contributed by atoms with Gasteiger partial charge in [-0.15, -0.1) is 0 Å². The zero-order valence-corrected chi connectivity index (χ0v) is 15.2. The number of alkyl halides is 1. The molecule has 0 aromatic heterocycles. The van der Waals surface area contributed by atoms with Crippen molar-refractivity contribution in [2.75, 3.05) is 6.61 Å². The Morgan fingerprint density at radius 2 is 1.73 bits per heavy atom. The fourth-order valence-corrected chi connectivity index (χ4v) is 5.36. The van der Waals surface area contributed by atoms with Gasteiger partial charge in [-0.05, 0) is 62.2 Å². The third kappa shape index (κ3) is 3.83. The summed E-state index contributed by atoms with van der Waals surface area (Å²) in [7, 11) is 0. The SMILES string of the molecule is CCC(C)(F)C(=O)OCC12CC(CC(C)(C)CC(C)(C)C1)C2. The van der Waals surface area contributed by atoms with Gasteiger partial charge >= 0.3 is 5.97 Å². The Labute approximate surface area is 135 Å². The number of hydrogen-bond donors (Lipinski definition) is 0. The average Bonchev–Trinajstić information content (AvgIpc) is 2.29. The molecular weight excluding hydrogens is 279 g/mol. The van der Waals surface area contributed by atoms with Crippen LogP contribution in [0, 0.1) is 22.2 Å². The van der Waals surface area contributed by atoms with Gasteiger partial charge < -0.3 is 4.74 Å². The van der Waals surface area contributed by atoms with Crippen LogP contribution in [0.5, 0.6) is 0 Å². The third-order valence-corrected chi connectivity index (χ3v) is 5.69. The summed E-state index contributed by atoms with van der Waals surface area (Å²) < 4.78 is 19.4. The maximum absolute atomic E-state index is 14.0. The lowest BCUT2D eigenvalue weighted by Gasteiger charge is -2.56. The van der Waals surface area contributed by atoms with Crippen LogP contribution in [-0.4, -0.2) is 18.2 Å². The lowest BCUT2D eigenvalue weighted by Crippen LogP contribution is -2.49. The maximum atomic E-state index is 14.0. The topological polar surface area (TPSA) is 26.3 Å². The molecule has 3 rings (SSSR count). The Bertz CT molecular complexity index is 431. The minimum Gasteiger partial charge on any atom is -0.463 e. The van der Waals surface area contributed by atoms with Gasteiger partial charge in [0.2, 0.25) is 5.67 Å². The molecule has 3 aliphatic rings. The zero-order chi connectivity index (χ0) is 16.8. The van der Waals surface area contributed by atoms with E-state index in [9.17, 15) is 9.18 Å². The third-order valence-electron chi connectivity index (χ3n) is 5.69. The number of halogens is 1. The van der Waals surface area contributed by atoms with Crippen molar-refractivity contribution in [1.82, 2.24) is 0 Å². The molecule has 0 aromatic rings. The molecule has 1 atom stereocenters. The van der Waals surface area contributed by atoms with Gasteiger partial charge in [0.05, 0.1) is 6.61 Å². The number of carbonyl (C=O) groups excluding carboxylic acids is 1. The highest BCUT2D eigenvalue weighted by Crippen LogP contribution is 2.60. The molecule has 0 aliphatic heterocycles. The minimum atomic E-state index is -1.85. The van der Waals surface area contributed by atoms with Crippen molar-refractivity contribution >= 4 is 5.97 Å². The zero-order valence-electron chi connectivity index (χ0n) is 15.2. The van der Waals surface area contributed by atoms with Crippen LogP contribution in [0.1, 0.15) is 80.1 Å². The number of fused-ring (bicyclic) bond motifs is 4. The second-order valence-corrected chi connectivity index (χ2v) is 9.79. The van der Waals surface area contributed by atoms with Crippen molar-refractivity contribution in [3.05, 3.63) is 0 Å². The quantitative estimate of drug-likeness (QED) is 0.658. The molecule has 3 saturated carbocycles. The van der Waals surface area contributed by atoms with Gasteiger partial charge in [0.25, 0.3) is 0 Å². The van der Waals surface area contributed by atoms with Crippen LogP contribution in [0.25, 0.3) is 0 Å². The number of rotatable bonds is 4. The van der Waals surface area contributed by atoms with Gasteiger partial charge in [0, 0.05) is 5.41 Å². The number of esters is 1. The van der Waals surface area contributed by atoms with E-state index < -0.39 is 11.6 Å². The smallest absolute Gasteiger partial charge is 0.343 e. The Hall–Kier alpha value is -0.600. The van der Waals surface area contributed by atoms with E-state index in [1.54, 1.807) is 6.92 Å². The van der Waals surface area contributed by atoms with Crippen LogP contribution in [0.15, 0.2) is 0 Å². The molecule has 1 unspecified atom stereocenters. The van der Waals surface area contributed by atoms with E-state index in [-0.39, 0.29) is 17.3 Å². The van der Waals surface area contributed by atoms with Gasteiger partial charge in [0.1, 0.15) is 0 Å². The molecule has 0 N–H and O–H groups in total. The first-order valence-corrected chi connectivity index (χ1v) is 8.75. The lowest BCUT2D eigenvalue weighted by molar-refractivity contribution is -0.169. The Morgan fingerprint density at radius 3 is 2.27 bits per heavy atom. The summed E-state index contributed by atoms with van der Waals surface area (Å²) in [4.78, 5) is 11.9. The summed E-state index contributed by atoms with van der Waals surface area (Å²) in [6.45, 7) is 12.8. The van der Waals surface area contributed by atoms with E-state index in [0.717, 1.165) is 25.2 Å². The second-order valence-electron chi connectivity index (χ2n) is 9.79. The maximum Gasteiger partial charge on any atom is 0.343 e. The average molecular weight is 312 g/mol. The summed E-state index contributed by atoms with van der Waals surface area (Å²) in [5, 5.41) is 0. The summed E-state index contributed by atoms with van der Waals surface area (Å²) in [6, 6.07) is 0. The standard InChI is InChI=1S/C19H33FO2/c1-7-18(6,20)15(21)22-13-19-9-14(10-19)8-16(2,3)11-17(4,5)12-19/h14H,7-13H2,1-6H3. The molecule has 0 heterocycles. The van der Waals surface area contributed by atoms with Crippen molar-refractivity contribution in [2.45, 2.75) is 85.7 Å². The molecule has 22 heavy (non-hydrogen) atoms. The van der Waals surface area contributed by atoms with Crippen LogP contribution in [0.2, 0.25) is 0 Å². The molecule has 0 amide bonds. The molecule has 3 aliphatic carbocycles. The first-order valence-electron chi connectivity index (χ1n) is 8.75. The molecule has 2 bridgehead atoms. The molecule has 0 saturated heterocycles. The van der Waals surface area contributed by atoms with Gasteiger partial charge in [-0.2, -0.15) is 0 Å². The van der Waals surface area contributed by atoms with E-state index in [2.05, 4.69) is 27.7 Å². The van der Waals surface area contributed by atoms with E-state index in [4.69, 9.17) is 4.74 Å². The van der Waals surface area contributed by atoms with Crippen LogP contribution < -0.4 is 0 Å². The molecule has 0 spiro atoms. The highest BCUT2D eigenvalue weighted by atomic mass is 19.1. The predicted molar refractivity (Wildman–Crippen MR) is 87.3 cm³/mol. The summed E-state index contributed by atoms with van der Waals surface area (Å²) in [5.74, 6) is 0.0563. The van der Waals surface area contributed by atoms with Crippen molar-refractivity contribution in [1.29, 1.82) is 0 Å². The van der Waals surface area contributed by atoms with Crippen molar-refractivity contribution in [2.24, 2.45) is 22.2 Å². The summed E-state index contributed by atoms with van der Waals surface area (Å²) in [6.07, 6.45) is 5.94. The van der Waals surface area contributed by atoms with Crippen LogP contribution in [0.4, 0.5) is 4.39 Å². The number of carbonyl (C=O) groups is 1. The lowest BCUT2D eigenvalue weighted by atomic mass is 9.49. The predicted octanol–water partition coefficient (Wildman–Crippen LogP) is 5.30. The Morgan fingerprint density at radius 1 is 1.14 bits per heavy atom. The first kappa shape index (κ1) is 17.7. The van der Waals surface area contributed by atoms with Crippen molar-refractivity contribution in [3.63, 3.8) is 0 Å². The minimum absolute atomic E-state index is 0.0874. The number of ether oxygens (including phenoxy) is 1. The van der Waals surface area contributed by atoms with E-state index >= 15 is 0 Å². The summed E-state index contributed by atoms with van der Waals surface area (Å²) in [5.41, 5.74) is -1.13. The first-order chi connectivity index (χ1) is 9.89. The highest BCUT2D eigenvalue weighted by Gasteiger charge is 2.52. The van der Waals surface area contributed by atoms with Crippen LogP contribution >= 0.6 is 0 Å². The van der Waals surface area contributed by atoms with Gasteiger partial charge in [-0.3, -0.25) is 0 Å². The van der Waals surface area contributed by atoms with Crippen molar-refractivity contribution < 1.29 is 13.9 Å². The number of hydrogen-bond acceptors (Lipinski definition) is 2. The molecule has 3 heteroatoms. The van der Waals surface area contributed by atoms with Gasteiger partial charge in [-0.25, -0.2) is 9.18 Å². The van der Waals surface area contributed by atoms with E-state index in [0.29, 0.717) is 12.0 Å².